The molecule has 1 aromatic heterocycles. The van der Waals surface area contributed by atoms with Gasteiger partial charge in [-0.05, 0) is 30.5 Å². The smallest absolute Gasteiger partial charge is 0.336 e. The Kier molecular flexibility index (Phi) is 2.46. The predicted octanol–water partition coefficient (Wildman–Crippen LogP) is 2.93. The minimum Gasteiger partial charge on any atom is -0.508 e. The SMILES string of the molecule is Cc1cc(=O)oc2c(C(C)C)c(O)ccc12. The van der Waals surface area contributed by atoms with Crippen LogP contribution in [0.2, 0.25) is 0 Å². The van der Waals surface area contributed by atoms with Crippen LogP contribution < -0.4 is 5.63 Å². The lowest BCUT2D eigenvalue weighted by Gasteiger charge is -2.11. The van der Waals surface area contributed by atoms with Gasteiger partial charge in [0.25, 0.3) is 0 Å². The molecule has 0 aliphatic carbocycles. The normalized spacial score (nSPS) is 11.2. The Morgan fingerprint density at radius 3 is 2.62 bits per heavy atom. The molecule has 3 heteroatoms. The molecule has 0 radical (unpaired) electrons. The molecule has 0 bridgehead atoms. The number of hydrogen-bond donors (Lipinski definition) is 1. The van der Waals surface area contributed by atoms with Gasteiger partial charge in [-0.15, -0.1) is 0 Å². The Morgan fingerprint density at radius 2 is 2.00 bits per heavy atom. The van der Waals surface area contributed by atoms with Crippen LogP contribution in [0.4, 0.5) is 0 Å². The van der Waals surface area contributed by atoms with Crippen LogP contribution in [0, 0.1) is 6.92 Å². The van der Waals surface area contributed by atoms with Crippen molar-refractivity contribution in [2.75, 3.05) is 0 Å². The number of aryl methyl sites for hydroxylation is 1. The lowest BCUT2D eigenvalue weighted by atomic mass is 9.98. The fourth-order valence-corrected chi connectivity index (χ4v) is 1.95. The fourth-order valence-electron chi connectivity index (χ4n) is 1.95. The van der Waals surface area contributed by atoms with E-state index in [1.807, 2.05) is 20.8 Å². The predicted molar refractivity (Wildman–Crippen MR) is 63.0 cm³/mol. The van der Waals surface area contributed by atoms with E-state index in [2.05, 4.69) is 0 Å². The van der Waals surface area contributed by atoms with E-state index in [-0.39, 0.29) is 17.3 Å². The third-order valence-electron chi connectivity index (χ3n) is 2.71. The maximum Gasteiger partial charge on any atom is 0.336 e. The first kappa shape index (κ1) is 10.7. The van der Waals surface area contributed by atoms with E-state index < -0.39 is 0 Å². The summed E-state index contributed by atoms with van der Waals surface area (Å²) in [5, 5.41) is 10.7. The van der Waals surface area contributed by atoms with Gasteiger partial charge in [-0.1, -0.05) is 13.8 Å². The van der Waals surface area contributed by atoms with E-state index in [1.54, 1.807) is 12.1 Å². The average molecular weight is 218 g/mol. The third kappa shape index (κ3) is 1.58. The van der Waals surface area contributed by atoms with Gasteiger partial charge in [-0.25, -0.2) is 4.79 Å². The van der Waals surface area contributed by atoms with Crippen molar-refractivity contribution in [1.82, 2.24) is 0 Å². The molecule has 84 valence electrons. The summed E-state index contributed by atoms with van der Waals surface area (Å²) in [4.78, 5) is 11.3. The second-order valence-electron chi connectivity index (χ2n) is 4.28. The number of phenolic OH excluding ortho intramolecular Hbond substituents is 1. The molecule has 0 fully saturated rings. The zero-order valence-electron chi connectivity index (χ0n) is 9.57. The summed E-state index contributed by atoms with van der Waals surface area (Å²) in [5.74, 6) is 0.282. The molecular weight excluding hydrogens is 204 g/mol. The summed E-state index contributed by atoms with van der Waals surface area (Å²) in [7, 11) is 0. The molecule has 0 unspecified atom stereocenters. The van der Waals surface area contributed by atoms with Crippen LogP contribution >= 0.6 is 0 Å². The molecule has 0 aliphatic heterocycles. The first-order valence-electron chi connectivity index (χ1n) is 5.27. The molecule has 0 saturated carbocycles. The highest BCUT2D eigenvalue weighted by Crippen LogP contribution is 2.33. The maximum atomic E-state index is 11.3. The summed E-state index contributed by atoms with van der Waals surface area (Å²) >= 11 is 0. The Labute approximate surface area is 93.3 Å². The van der Waals surface area contributed by atoms with Crippen molar-refractivity contribution in [1.29, 1.82) is 0 Å². The molecule has 1 aromatic carbocycles. The molecule has 1 heterocycles. The number of benzene rings is 1. The molecule has 0 amide bonds. The van der Waals surface area contributed by atoms with Crippen molar-refractivity contribution in [3.63, 3.8) is 0 Å². The molecule has 0 saturated heterocycles. The molecule has 3 nitrogen and oxygen atoms in total. The number of phenols is 1. The molecule has 2 rings (SSSR count). The van der Waals surface area contributed by atoms with Gasteiger partial charge in [0, 0.05) is 17.0 Å². The van der Waals surface area contributed by atoms with Crippen molar-refractivity contribution in [2.45, 2.75) is 26.7 Å². The van der Waals surface area contributed by atoms with E-state index >= 15 is 0 Å². The van der Waals surface area contributed by atoms with Gasteiger partial charge in [0.05, 0.1) is 0 Å². The number of rotatable bonds is 1. The molecule has 0 aliphatic rings. The fraction of sp³-hybridized carbons (Fsp3) is 0.308. The summed E-state index contributed by atoms with van der Waals surface area (Å²) in [5.41, 5.74) is 1.68. The van der Waals surface area contributed by atoms with Crippen molar-refractivity contribution < 1.29 is 9.52 Å². The Bertz CT molecular complexity index is 594. The van der Waals surface area contributed by atoms with E-state index in [0.29, 0.717) is 11.1 Å². The minimum absolute atomic E-state index is 0.105. The molecule has 0 spiro atoms. The van der Waals surface area contributed by atoms with Gasteiger partial charge < -0.3 is 9.52 Å². The van der Waals surface area contributed by atoms with Crippen molar-refractivity contribution in [2.24, 2.45) is 0 Å². The van der Waals surface area contributed by atoms with E-state index in [0.717, 1.165) is 10.9 Å². The minimum atomic E-state index is -0.377. The van der Waals surface area contributed by atoms with Crippen LogP contribution in [-0.2, 0) is 0 Å². The average Bonchev–Trinajstić information content (AvgIpc) is 2.15. The lowest BCUT2D eigenvalue weighted by molar-refractivity contribution is 0.461. The summed E-state index contributed by atoms with van der Waals surface area (Å²) < 4.78 is 5.20. The summed E-state index contributed by atoms with van der Waals surface area (Å²) in [6.07, 6.45) is 0. The highest BCUT2D eigenvalue weighted by atomic mass is 16.4. The largest absolute Gasteiger partial charge is 0.508 e. The topological polar surface area (TPSA) is 50.4 Å². The van der Waals surface area contributed by atoms with Gasteiger partial charge in [-0.3, -0.25) is 0 Å². The maximum absolute atomic E-state index is 11.3. The molecule has 16 heavy (non-hydrogen) atoms. The van der Waals surface area contributed by atoms with Crippen molar-refractivity contribution >= 4 is 11.0 Å². The van der Waals surface area contributed by atoms with Crippen LogP contribution in [-0.4, -0.2) is 5.11 Å². The van der Waals surface area contributed by atoms with Crippen LogP contribution in [0.5, 0.6) is 5.75 Å². The zero-order valence-corrected chi connectivity index (χ0v) is 9.57. The van der Waals surface area contributed by atoms with Crippen LogP contribution in [0.15, 0.2) is 27.4 Å². The standard InChI is InChI=1S/C13H14O3/c1-7(2)12-10(14)5-4-9-8(3)6-11(15)16-13(9)12/h4-7,14H,1-3H3. The monoisotopic (exact) mass is 218 g/mol. The number of aromatic hydroxyl groups is 1. The highest BCUT2D eigenvalue weighted by Gasteiger charge is 2.14. The number of hydrogen-bond acceptors (Lipinski definition) is 3. The second kappa shape index (κ2) is 3.67. The van der Waals surface area contributed by atoms with Gasteiger partial charge in [-0.2, -0.15) is 0 Å². The van der Waals surface area contributed by atoms with Gasteiger partial charge in [0.2, 0.25) is 0 Å². The van der Waals surface area contributed by atoms with E-state index in [9.17, 15) is 9.90 Å². The second-order valence-corrected chi connectivity index (χ2v) is 4.28. The quantitative estimate of drug-likeness (QED) is 0.749. The first-order chi connectivity index (χ1) is 7.50. The first-order valence-corrected chi connectivity index (χ1v) is 5.27. The Morgan fingerprint density at radius 1 is 1.31 bits per heavy atom. The van der Waals surface area contributed by atoms with Crippen molar-refractivity contribution in [3.8, 4) is 5.75 Å². The molecule has 0 atom stereocenters. The van der Waals surface area contributed by atoms with Crippen LogP contribution in [0.3, 0.4) is 0 Å². The summed E-state index contributed by atoms with van der Waals surface area (Å²) in [6.45, 7) is 5.77. The molecule has 1 N–H and O–H groups in total. The lowest BCUT2D eigenvalue weighted by Crippen LogP contribution is -2.01. The van der Waals surface area contributed by atoms with E-state index in [1.165, 1.54) is 6.07 Å². The molecular formula is C13H14O3. The Hall–Kier alpha value is -1.77. The van der Waals surface area contributed by atoms with Gasteiger partial charge >= 0.3 is 5.63 Å². The van der Waals surface area contributed by atoms with Crippen LogP contribution in [0.1, 0.15) is 30.9 Å². The highest BCUT2D eigenvalue weighted by molar-refractivity contribution is 5.85. The van der Waals surface area contributed by atoms with Gasteiger partial charge in [0.1, 0.15) is 11.3 Å². The Balaban J connectivity index is 2.97. The van der Waals surface area contributed by atoms with Gasteiger partial charge in [0.15, 0.2) is 0 Å². The van der Waals surface area contributed by atoms with E-state index in [4.69, 9.17) is 4.42 Å². The zero-order chi connectivity index (χ0) is 11.9. The summed E-state index contributed by atoms with van der Waals surface area (Å²) in [6, 6.07) is 4.88. The van der Waals surface area contributed by atoms with Crippen molar-refractivity contribution in [3.05, 3.63) is 39.7 Å². The molecule has 2 aromatic rings. The van der Waals surface area contributed by atoms with Crippen LogP contribution in [0.25, 0.3) is 11.0 Å². The third-order valence-corrected chi connectivity index (χ3v) is 2.71. The number of fused-ring (bicyclic) bond motifs is 1.